The minimum atomic E-state index is -0.846. The van der Waals surface area contributed by atoms with Crippen molar-refractivity contribution < 1.29 is 24.5 Å². The van der Waals surface area contributed by atoms with Crippen LogP contribution in [0.5, 0.6) is 0 Å². The number of esters is 1. The van der Waals surface area contributed by atoms with E-state index in [0.29, 0.717) is 19.4 Å². The molecule has 6 heteroatoms. The molecule has 0 aromatic rings. The van der Waals surface area contributed by atoms with Gasteiger partial charge in [0.1, 0.15) is 0 Å². The van der Waals surface area contributed by atoms with Crippen LogP contribution >= 0.6 is 0 Å². The number of carbonyl (C=O) groups is 2. The topological polar surface area (TPSA) is 95.9 Å². The average Bonchev–Trinajstić information content (AvgIpc) is 3.49. The highest BCUT2D eigenvalue weighted by atomic mass is 16.5. The highest BCUT2D eigenvalue weighted by Gasteiger charge is 2.18. The quantitative estimate of drug-likeness (QED) is 0.0320. The first-order valence-electron chi connectivity index (χ1n) is 38.1. The zero-order valence-corrected chi connectivity index (χ0v) is 56.5. The molecule has 83 heavy (non-hydrogen) atoms. The second kappa shape index (κ2) is 72.8. The maximum absolute atomic E-state index is 12.6. The standard InChI is InChI=1S/C77H149NO5/c1-3-5-7-9-11-13-15-17-19-21-23-24-25-26-27-30-34-37-41-45-49-53-57-61-65-69-75(80)74(73-79)78-76(81)70-66-62-58-54-50-46-42-38-35-31-28-29-32-36-40-44-48-52-56-60-64-68-72-83-77(82)71-67-63-59-55-51-47-43-39-33-22-20-18-16-14-12-10-8-6-4-2/h18,20,65,69,74-75,79-80H,3-17,19,21-64,66-68,70-73H2,1-2H3,(H,78,81)/b20-18-,69-65+. The fraction of sp³-hybridized carbons (Fsp3) is 0.922. The lowest BCUT2D eigenvalue weighted by Crippen LogP contribution is -2.45. The molecule has 0 saturated heterocycles. The van der Waals surface area contributed by atoms with Crippen LogP contribution in [-0.2, 0) is 14.3 Å². The van der Waals surface area contributed by atoms with E-state index in [1.54, 1.807) is 6.08 Å². The second-order valence-corrected chi connectivity index (χ2v) is 26.3. The number of ether oxygens (including phenoxy) is 1. The molecule has 0 aromatic heterocycles. The molecule has 0 aromatic carbocycles. The lowest BCUT2D eigenvalue weighted by Gasteiger charge is -2.20. The van der Waals surface area contributed by atoms with E-state index in [-0.39, 0.29) is 18.5 Å². The van der Waals surface area contributed by atoms with Gasteiger partial charge in [-0.3, -0.25) is 9.59 Å². The third-order valence-corrected chi connectivity index (χ3v) is 18.0. The summed E-state index contributed by atoms with van der Waals surface area (Å²) in [5.41, 5.74) is 0. The minimum Gasteiger partial charge on any atom is -0.466 e. The average molecular weight is 1170 g/mol. The molecular weight excluding hydrogens is 1020 g/mol. The number of aliphatic hydroxyl groups is 2. The number of carbonyl (C=O) groups excluding carboxylic acids is 2. The van der Waals surface area contributed by atoms with Gasteiger partial charge in [-0.25, -0.2) is 0 Å². The molecule has 6 nitrogen and oxygen atoms in total. The lowest BCUT2D eigenvalue weighted by molar-refractivity contribution is -0.143. The molecule has 0 heterocycles. The zero-order valence-electron chi connectivity index (χ0n) is 56.5. The van der Waals surface area contributed by atoms with Crippen LogP contribution in [0.3, 0.4) is 0 Å². The second-order valence-electron chi connectivity index (χ2n) is 26.3. The molecule has 0 spiro atoms. The van der Waals surface area contributed by atoms with Crippen LogP contribution in [0.2, 0.25) is 0 Å². The largest absolute Gasteiger partial charge is 0.466 e. The minimum absolute atomic E-state index is 0.0135. The first kappa shape index (κ1) is 81.3. The van der Waals surface area contributed by atoms with Crippen LogP contribution in [0.4, 0.5) is 0 Å². The van der Waals surface area contributed by atoms with Crippen molar-refractivity contribution in [3.05, 3.63) is 24.3 Å². The smallest absolute Gasteiger partial charge is 0.305 e. The van der Waals surface area contributed by atoms with Gasteiger partial charge in [-0.2, -0.15) is 0 Å². The Kier molecular flexibility index (Phi) is 71.4. The summed E-state index contributed by atoms with van der Waals surface area (Å²) in [6, 6.07) is -0.630. The molecule has 2 atom stereocenters. The third-order valence-electron chi connectivity index (χ3n) is 18.0. The highest BCUT2D eigenvalue weighted by molar-refractivity contribution is 5.76. The van der Waals surface area contributed by atoms with E-state index in [4.69, 9.17) is 4.74 Å². The summed E-state index contributed by atoms with van der Waals surface area (Å²) >= 11 is 0. The Bertz CT molecular complexity index is 1300. The van der Waals surface area contributed by atoms with Gasteiger partial charge in [-0.1, -0.05) is 385 Å². The molecule has 0 bridgehead atoms. The summed E-state index contributed by atoms with van der Waals surface area (Å²) in [5, 5.41) is 23.3. The molecule has 492 valence electrons. The normalized spacial score (nSPS) is 12.6. The van der Waals surface area contributed by atoms with Crippen LogP contribution in [0.15, 0.2) is 24.3 Å². The monoisotopic (exact) mass is 1170 g/mol. The molecule has 0 aliphatic rings. The number of allylic oxidation sites excluding steroid dienone is 3. The Morgan fingerprint density at radius 3 is 0.855 bits per heavy atom. The van der Waals surface area contributed by atoms with Crippen LogP contribution in [0, 0.1) is 0 Å². The molecule has 0 saturated carbocycles. The van der Waals surface area contributed by atoms with Gasteiger partial charge in [0.25, 0.3) is 0 Å². The summed E-state index contributed by atoms with van der Waals surface area (Å²) in [6.07, 6.45) is 92.7. The zero-order chi connectivity index (χ0) is 59.9. The molecular formula is C77H149NO5. The van der Waals surface area contributed by atoms with E-state index in [9.17, 15) is 19.8 Å². The fourth-order valence-electron chi connectivity index (χ4n) is 12.2. The van der Waals surface area contributed by atoms with Gasteiger partial charge in [-0.15, -0.1) is 0 Å². The number of rotatable bonds is 72. The molecule has 0 rings (SSSR count). The van der Waals surface area contributed by atoms with Gasteiger partial charge in [0.15, 0.2) is 0 Å². The predicted octanol–water partition coefficient (Wildman–Crippen LogP) is 24.9. The van der Waals surface area contributed by atoms with E-state index >= 15 is 0 Å². The third kappa shape index (κ3) is 69.3. The molecule has 0 aliphatic carbocycles. The molecule has 0 aliphatic heterocycles. The summed E-state index contributed by atoms with van der Waals surface area (Å²) in [6.45, 7) is 4.95. The van der Waals surface area contributed by atoms with Crippen molar-refractivity contribution in [2.45, 2.75) is 443 Å². The van der Waals surface area contributed by atoms with E-state index < -0.39 is 12.1 Å². The Hall–Kier alpha value is -1.66. The number of hydrogen-bond donors (Lipinski definition) is 3. The van der Waals surface area contributed by atoms with Crippen LogP contribution < -0.4 is 5.32 Å². The van der Waals surface area contributed by atoms with Gasteiger partial charge in [0.2, 0.25) is 5.91 Å². The molecule has 2 unspecified atom stereocenters. The Morgan fingerprint density at radius 2 is 0.566 bits per heavy atom. The van der Waals surface area contributed by atoms with Gasteiger partial charge in [-0.05, 0) is 57.8 Å². The van der Waals surface area contributed by atoms with E-state index in [1.807, 2.05) is 6.08 Å². The lowest BCUT2D eigenvalue weighted by atomic mass is 10.0. The summed E-state index contributed by atoms with van der Waals surface area (Å²) < 4.78 is 5.51. The Labute approximate surface area is 520 Å². The highest BCUT2D eigenvalue weighted by Crippen LogP contribution is 2.19. The molecule has 0 radical (unpaired) electrons. The van der Waals surface area contributed by atoms with Gasteiger partial charge >= 0.3 is 5.97 Å². The van der Waals surface area contributed by atoms with Crippen molar-refractivity contribution in [1.82, 2.24) is 5.32 Å². The van der Waals surface area contributed by atoms with Crippen molar-refractivity contribution in [3.63, 3.8) is 0 Å². The summed E-state index contributed by atoms with van der Waals surface area (Å²) in [4.78, 5) is 24.7. The van der Waals surface area contributed by atoms with Gasteiger partial charge in [0.05, 0.1) is 25.4 Å². The maximum atomic E-state index is 12.6. The van der Waals surface area contributed by atoms with Crippen molar-refractivity contribution in [2.75, 3.05) is 13.2 Å². The van der Waals surface area contributed by atoms with Crippen molar-refractivity contribution in [3.8, 4) is 0 Å². The maximum Gasteiger partial charge on any atom is 0.305 e. The van der Waals surface area contributed by atoms with Crippen molar-refractivity contribution >= 4 is 11.9 Å². The molecule has 0 fully saturated rings. The first-order chi connectivity index (χ1) is 41.0. The summed E-state index contributed by atoms with van der Waals surface area (Å²) in [5.74, 6) is -0.0494. The Morgan fingerprint density at radius 1 is 0.325 bits per heavy atom. The van der Waals surface area contributed by atoms with Crippen LogP contribution in [0.25, 0.3) is 0 Å². The van der Waals surface area contributed by atoms with Crippen LogP contribution in [0.1, 0.15) is 431 Å². The van der Waals surface area contributed by atoms with Crippen LogP contribution in [-0.4, -0.2) is 47.4 Å². The van der Waals surface area contributed by atoms with Gasteiger partial charge in [0, 0.05) is 12.8 Å². The van der Waals surface area contributed by atoms with Gasteiger partial charge < -0.3 is 20.3 Å². The summed E-state index contributed by atoms with van der Waals surface area (Å²) in [7, 11) is 0. The van der Waals surface area contributed by atoms with E-state index in [2.05, 4.69) is 31.3 Å². The van der Waals surface area contributed by atoms with Crippen molar-refractivity contribution in [1.29, 1.82) is 0 Å². The van der Waals surface area contributed by atoms with E-state index in [1.165, 1.54) is 360 Å². The first-order valence-corrected chi connectivity index (χ1v) is 38.1. The van der Waals surface area contributed by atoms with Crippen molar-refractivity contribution in [2.24, 2.45) is 0 Å². The number of hydrogen-bond acceptors (Lipinski definition) is 5. The fourth-order valence-corrected chi connectivity index (χ4v) is 12.2. The molecule has 1 amide bonds. The number of amides is 1. The number of unbranched alkanes of at least 4 members (excludes halogenated alkanes) is 59. The number of nitrogens with one attached hydrogen (secondary N) is 1. The predicted molar refractivity (Wildman–Crippen MR) is 366 cm³/mol. The Balaban J connectivity index is 3.39. The SMILES string of the molecule is CCCCCCCC/C=C\CCCCCCCCCCCC(=O)OCCCCCCCCCCCCCCCCCCCCCCCCC(=O)NC(CO)C(O)/C=C/CCCCCCCCCCCCCCCCCCCCCCCCC. The molecule has 3 N–H and O–H groups in total. The number of aliphatic hydroxyl groups excluding tert-OH is 2. The van der Waals surface area contributed by atoms with E-state index in [0.717, 1.165) is 44.9 Å².